The van der Waals surface area contributed by atoms with E-state index in [0.717, 1.165) is 11.6 Å². The predicted molar refractivity (Wildman–Crippen MR) is 59.8 cm³/mol. The Morgan fingerprint density at radius 1 is 1.44 bits per heavy atom. The zero-order valence-electron chi connectivity index (χ0n) is 9.06. The molecule has 16 heavy (non-hydrogen) atoms. The Bertz CT molecular complexity index is 447. The van der Waals surface area contributed by atoms with E-state index in [1.54, 1.807) is 19.1 Å². The van der Waals surface area contributed by atoms with Crippen LogP contribution < -0.4 is 4.74 Å². The van der Waals surface area contributed by atoms with E-state index in [4.69, 9.17) is 9.84 Å². The Hall–Kier alpha value is -2.10. The van der Waals surface area contributed by atoms with Gasteiger partial charge in [0.1, 0.15) is 12.0 Å². The Kier molecular flexibility index (Phi) is 3.83. The third-order valence-electron chi connectivity index (χ3n) is 2.18. The van der Waals surface area contributed by atoms with Gasteiger partial charge in [-0.3, -0.25) is 4.79 Å². The highest BCUT2D eigenvalue weighted by Crippen LogP contribution is 2.24. The first-order valence-electron chi connectivity index (χ1n) is 4.63. The van der Waals surface area contributed by atoms with E-state index in [1.807, 2.05) is 0 Å². The van der Waals surface area contributed by atoms with Crippen LogP contribution in [0.1, 0.15) is 21.5 Å². The number of aliphatic carboxylic acids is 1. The molecule has 0 saturated heterocycles. The van der Waals surface area contributed by atoms with E-state index in [-0.39, 0.29) is 0 Å². The summed E-state index contributed by atoms with van der Waals surface area (Å²) in [6, 6.07) is 3.23. The second-order valence-corrected chi connectivity index (χ2v) is 3.23. The summed E-state index contributed by atoms with van der Waals surface area (Å²) in [6.07, 6.45) is 3.16. The van der Waals surface area contributed by atoms with Crippen molar-refractivity contribution in [1.82, 2.24) is 0 Å². The minimum Gasteiger partial charge on any atom is -0.496 e. The summed E-state index contributed by atoms with van der Waals surface area (Å²) in [5.41, 5.74) is 1.90. The number of carbonyl (C=O) groups excluding carboxylic acids is 1. The van der Waals surface area contributed by atoms with Crippen molar-refractivity contribution >= 4 is 18.3 Å². The maximum atomic E-state index is 10.7. The van der Waals surface area contributed by atoms with Crippen LogP contribution in [0.4, 0.5) is 0 Å². The Labute approximate surface area is 93.2 Å². The van der Waals surface area contributed by atoms with Crippen LogP contribution in [-0.4, -0.2) is 24.5 Å². The normalized spacial score (nSPS) is 10.4. The van der Waals surface area contributed by atoms with Crippen LogP contribution in [0, 0.1) is 6.92 Å². The van der Waals surface area contributed by atoms with E-state index in [1.165, 1.54) is 13.2 Å². The zero-order chi connectivity index (χ0) is 12.1. The van der Waals surface area contributed by atoms with Crippen molar-refractivity contribution in [3.63, 3.8) is 0 Å². The lowest BCUT2D eigenvalue weighted by Gasteiger charge is -2.08. The van der Waals surface area contributed by atoms with E-state index in [9.17, 15) is 9.59 Å². The van der Waals surface area contributed by atoms with Crippen LogP contribution in [0.5, 0.6) is 5.75 Å². The molecule has 0 aliphatic carbocycles. The molecule has 0 atom stereocenters. The van der Waals surface area contributed by atoms with Crippen LogP contribution in [0.3, 0.4) is 0 Å². The molecule has 0 fully saturated rings. The second kappa shape index (κ2) is 5.11. The number of ether oxygens (including phenoxy) is 1. The molecule has 1 aromatic carbocycles. The summed E-state index contributed by atoms with van der Waals surface area (Å²) in [5, 5.41) is 8.53. The van der Waals surface area contributed by atoms with Gasteiger partial charge in [0.25, 0.3) is 0 Å². The molecule has 1 aromatic rings. The number of carbonyl (C=O) groups is 2. The highest BCUT2D eigenvalue weighted by Gasteiger charge is 2.05. The molecule has 0 aliphatic heterocycles. The third kappa shape index (κ3) is 2.70. The number of aldehydes is 1. The summed E-state index contributed by atoms with van der Waals surface area (Å²) < 4.78 is 5.09. The average Bonchev–Trinajstić information content (AvgIpc) is 2.27. The third-order valence-corrected chi connectivity index (χ3v) is 2.18. The molecule has 1 rings (SSSR count). The van der Waals surface area contributed by atoms with Crippen molar-refractivity contribution in [3.05, 3.63) is 34.9 Å². The van der Waals surface area contributed by atoms with Gasteiger partial charge in [0.2, 0.25) is 0 Å². The van der Waals surface area contributed by atoms with Crippen molar-refractivity contribution < 1.29 is 19.4 Å². The second-order valence-electron chi connectivity index (χ2n) is 3.23. The number of methoxy groups -OCH3 is 1. The van der Waals surface area contributed by atoms with Gasteiger partial charge < -0.3 is 9.84 Å². The number of hydrogen-bond acceptors (Lipinski definition) is 3. The highest BCUT2D eigenvalue weighted by atomic mass is 16.5. The smallest absolute Gasteiger partial charge is 0.328 e. The molecule has 0 unspecified atom stereocenters. The Balaban J connectivity index is 3.26. The fourth-order valence-corrected chi connectivity index (χ4v) is 1.35. The van der Waals surface area contributed by atoms with Gasteiger partial charge >= 0.3 is 5.97 Å². The molecule has 0 spiro atoms. The molecule has 4 heteroatoms. The predicted octanol–water partition coefficient (Wildman–Crippen LogP) is 1.91. The number of carboxylic acid groups (broad SMARTS) is 1. The van der Waals surface area contributed by atoms with Gasteiger partial charge in [0.15, 0.2) is 0 Å². The zero-order valence-corrected chi connectivity index (χ0v) is 9.06. The number of rotatable bonds is 4. The largest absolute Gasteiger partial charge is 0.496 e. The maximum absolute atomic E-state index is 10.7. The summed E-state index contributed by atoms with van der Waals surface area (Å²) in [5.74, 6) is -0.468. The monoisotopic (exact) mass is 220 g/mol. The molecule has 0 amide bonds. The molecule has 0 radical (unpaired) electrons. The minimum atomic E-state index is -1.03. The van der Waals surface area contributed by atoms with Crippen LogP contribution in [0.2, 0.25) is 0 Å². The van der Waals surface area contributed by atoms with Crippen molar-refractivity contribution in [2.75, 3.05) is 7.11 Å². The molecular formula is C12H12O4. The van der Waals surface area contributed by atoms with Crippen molar-refractivity contribution in [1.29, 1.82) is 0 Å². The van der Waals surface area contributed by atoms with Crippen molar-refractivity contribution in [2.45, 2.75) is 6.92 Å². The Morgan fingerprint density at radius 2 is 2.12 bits per heavy atom. The SMILES string of the molecule is COc1cc(C=O)cc(/C=C/C(=O)O)c1C. The lowest BCUT2D eigenvalue weighted by molar-refractivity contribution is -0.131. The number of carboxylic acids is 1. The summed E-state index contributed by atoms with van der Waals surface area (Å²) >= 11 is 0. The average molecular weight is 220 g/mol. The fourth-order valence-electron chi connectivity index (χ4n) is 1.35. The maximum Gasteiger partial charge on any atom is 0.328 e. The topological polar surface area (TPSA) is 63.6 Å². The lowest BCUT2D eigenvalue weighted by Crippen LogP contribution is -1.94. The van der Waals surface area contributed by atoms with Crippen molar-refractivity contribution in [3.8, 4) is 5.75 Å². The van der Waals surface area contributed by atoms with Gasteiger partial charge in [0, 0.05) is 11.6 Å². The molecule has 0 bridgehead atoms. The highest BCUT2D eigenvalue weighted by molar-refractivity contribution is 5.87. The van der Waals surface area contributed by atoms with Gasteiger partial charge in [-0.25, -0.2) is 4.79 Å². The van der Waals surface area contributed by atoms with E-state index >= 15 is 0 Å². The molecule has 1 N–H and O–H groups in total. The first-order valence-corrected chi connectivity index (χ1v) is 4.63. The standard InChI is InChI=1S/C12H12O4/c1-8-10(3-4-12(14)15)5-9(7-13)6-11(8)16-2/h3-7H,1-2H3,(H,14,15)/b4-3+. The van der Waals surface area contributed by atoms with Crippen molar-refractivity contribution in [2.24, 2.45) is 0 Å². The first-order chi connectivity index (χ1) is 7.58. The van der Waals surface area contributed by atoms with Crippen LogP contribution in [0.25, 0.3) is 6.08 Å². The molecular weight excluding hydrogens is 208 g/mol. The molecule has 0 aliphatic rings. The molecule has 0 saturated carbocycles. The summed E-state index contributed by atoms with van der Waals surface area (Å²) in [7, 11) is 1.50. The fraction of sp³-hybridized carbons (Fsp3) is 0.167. The van der Waals surface area contributed by atoms with Gasteiger partial charge in [-0.15, -0.1) is 0 Å². The van der Waals surface area contributed by atoms with Crippen LogP contribution >= 0.6 is 0 Å². The summed E-state index contributed by atoms with van der Waals surface area (Å²) in [4.78, 5) is 21.1. The molecule has 0 aromatic heterocycles. The number of benzene rings is 1. The van der Waals surface area contributed by atoms with E-state index in [2.05, 4.69) is 0 Å². The van der Waals surface area contributed by atoms with Gasteiger partial charge in [-0.1, -0.05) is 0 Å². The molecule has 0 heterocycles. The number of hydrogen-bond donors (Lipinski definition) is 1. The van der Waals surface area contributed by atoms with Gasteiger partial charge in [-0.2, -0.15) is 0 Å². The minimum absolute atomic E-state index is 0.451. The van der Waals surface area contributed by atoms with Crippen LogP contribution in [0.15, 0.2) is 18.2 Å². The lowest BCUT2D eigenvalue weighted by atomic mass is 10.0. The molecule has 84 valence electrons. The first kappa shape index (κ1) is 12.0. The van der Waals surface area contributed by atoms with E-state index < -0.39 is 5.97 Å². The quantitative estimate of drug-likeness (QED) is 0.622. The van der Waals surface area contributed by atoms with Gasteiger partial charge in [-0.05, 0) is 36.3 Å². The van der Waals surface area contributed by atoms with E-state index in [0.29, 0.717) is 23.2 Å². The van der Waals surface area contributed by atoms with Gasteiger partial charge in [0.05, 0.1) is 7.11 Å². The molecule has 4 nitrogen and oxygen atoms in total. The Morgan fingerprint density at radius 3 is 2.62 bits per heavy atom. The summed E-state index contributed by atoms with van der Waals surface area (Å²) in [6.45, 7) is 1.80. The van der Waals surface area contributed by atoms with Crippen LogP contribution in [-0.2, 0) is 4.79 Å².